The van der Waals surface area contributed by atoms with E-state index in [-0.39, 0.29) is 18.5 Å². The smallest absolute Gasteiger partial charge is 0.251 e. The van der Waals surface area contributed by atoms with E-state index in [1.807, 2.05) is 12.1 Å². The van der Waals surface area contributed by atoms with Crippen molar-refractivity contribution in [1.29, 1.82) is 5.26 Å². The number of rotatable bonds is 6. The minimum atomic E-state index is -0.780. The van der Waals surface area contributed by atoms with Crippen molar-refractivity contribution < 1.29 is 19.0 Å². The number of amides is 1. The maximum absolute atomic E-state index is 12.9. The Bertz CT molecular complexity index is 835. The molecule has 3 atom stereocenters. The summed E-state index contributed by atoms with van der Waals surface area (Å²) in [4.78, 5) is 12.1. The molecule has 1 fully saturated rings. The molecule has 1 aliphatic rings. The van der Waals surface area contributed by atoms with Gasteiger partial charge in [-0.1, -0.05) is 12.1 Å². The number of nitrogens with zero attached hydrogens (tertiary/aromatic N) is 1. The Morgan fingerprint density at radius 1 is 1.30 bits per heavy atom. The number of nitrogens with one attached hydrogen (secondary N) is 2. The first-order chi connectivity index (χ1) is 13.1. The number of hydrogen-bond acceptors (Lipinski definition) is 5. The number of halogens is 1. The molecule has 0 bridgehead atoms. The lowest BCUT2D eigenvalue weighted by atomic mass is 10.1. The van der Waals surface area contributed by atoms with Crippen molar-refractivity contribution in [2.45, 2.75) is 24.8 Å². The third kappa shape index (κ3) is 4.89. The van der Waals surface area contributed by atoms with Crippen LogP contribution in [0, 0.1) is 17.1 Å². The lowest BCUT2D eigenvalue weighted by molar-refractivity contribution is 0.0398. The van der Waals surface area contributed by atoms with Crippen molar-refractivity contribution in [3.63, 3.8) is 0 Å². The van der Waals surface area contributed by atoms with Crippen LogP contribution < -0.4 is 10.6 Å². The number of aliphatic hydroxyl groups excluding tert-OH is 1. The SMILES string of the molecule is N#Cc1cccc(CN[C@@H]2CO[C@H](CNC(=O)c3ccc(F)cc3)[C@H]2O)c1. The molecular weight excluding hydrogens is 349 g/mol. The first kappa shape index (κ1) is 19.0. The van der Waals surface area contributed by atoms with Crippen LogP contribution in [0.5, 0.6) is 0 Å². The van der Waals surface area contributed by atoms with Crippen molar-refractivity contribution >= 4 is 5.91 Å². The van der Waals surface area contributed by atoms with Gasteiger partial charge in [-0.05, 0) is 42.0 Å². The van der Waals surface area contributed by atoms with Gasteiger partial charge < -0.3 is 20.5 Å². The third-order valence-corrected chi connectivity index (χ3v) is 4.48. The van der Waals surface area contributed by atoms with Gasteiger partial charge in [-0.25, -0.2) is 4.39 Å². The third-order valence-electron chi connectivity index (χ3n) is 4.48. The van der Waals surface area contributed by atoms with Crippen molar-refractivity contribution in [3.8, 4) is 6.07 Å². The van der Waals surface area contributed by atoms with E-state index in [0.29, 0.717) is 24.3 Å². The molecule has 27 heavy (non-hydrogen) atoms. The summed E-state index contributed by atoms with van der Waals surface area (Å²) in [5.41, 5.74) is 1.86. The van der Waals surface area contributed by atoms with Crippen LogP contribution in [0.15, 0.2) is 48.5 Å². The Kier molecular flexibility index (Phi) is 6.14. The molecule has 0 radical (unpaired) electrons. The minimum Gasteiger partial charge on any atom is -0.389 e. The summed E-state index contributed by atoms with van der Waals surface area (Å²) in [7, 11) is 0. The Hall–Kier alpha value is -2.79. The molecule has 140 valence electrons. The molecule has 0 spiro atoms. The molecule has 1 amide bonds. The van der Waals surface area contributed by atoms with E-state index in [1.165, 1.54) is 24.3 Å². The molecule has 3 rings (SSSR count). The van der Waals surface area contributed by atoms with Crippen molar-refractivity contribution in [2.24, 2.45) is 0 Å². The van der Waals surface area contributed by atoms with E-state index in [9.17, 15) is 14.3 Å². The summed E-state index contributed by atoms with van der Waals surface area (Å²) in [5.74, 6) is -0.758. The maximum Gasteiger partial charge on any atom is 0.251 e. The number of carbonyl (C=O) groups is 1. The van der Waals surface area contributed by atoms with E-state index in [2.05, 4.69) is 16.7 Å². The monoisotopic (exact) mass is 369 g/mol. The lowest BCUT2D eigenvalue weighted by Crippen LogP contribution is -2.44. The van der Waals surface area contributed by atoms with Gasteiger partial charge in [0.1, 0.15) is 11.9 Å². The van der Waals surface area contributed by atoms with Gasteiger partial charge >= 0.3 is 0 Å². The van der Waals surface area contributed by atoms with Crippen LogP contribution in [-0.2, 0) is 11.3 Å². The van der Waals surface area contributed by atoms with Gasteiger partial charge in [0.25, 0.3) is 5.91 Å². The van der Waals surface area contributed by atoms with Crippen LogP contribution in [0.3, 0.4) is 0 Å². The highest BCUT2D eigenvalue weighted by molar-refractivity contribution is 5.94. The highest BCUT2D eigenvalue weighted by Gasteiger charge is 2.35. The first-order valence-electron chi connectivity index (χ1n) is 8.62. The zero-order valence-corrected chi connectivity index (χ0v) is 14.6. The fourth-order valence-corrected chi connectivity index (χ4v) is 2.94. The fraction of sp³-hybridized carbons (Fsp3) is 0.300. The topological polar surface area (TPSA) is 94.4 Å². The molecular formula is C20H20FN3O3. The molecule has 0 aliphatic carbocycles. The van der Waals surface area contributed by atoms with Gasteiger partial charge in [-0.2, -0.15) is 5.26 Å². The summed E-state index contributed by atoms with van der Waals surface area (Å²) in [6, 6.07) is 14.3. The Morgan fingerprint density at radius 2 is 2.07 bits per heavy atom. The van der Waals surface area contributed by atoms with Crippen molar-refractivity contribution in [1.82, 2.24) is 10.6 Å². The highest BCUT2D eigenvalue weighted by atomic mass is 19.1. The van der Waals surface area contributed by atoms with E-state index >= 15 is 0 Å². The number of ether oxygens (including phenoxy) is 1. The fourth-order valence-electron chi connectivity index (χ4n) is 2.94. The zero-order valence-electron chi connectivity index (χ0n) is 14.6. The normalized spacial score (nSPS) is 21.6. The molecule has 7 heteroatoms. The van der Waals surface area contributed by atoms with Crippen LogP contribution in [0.25, 0.3) is 0 Å². The van der Waals surface area contributed by atoms with E-state index in [1.54, 1.807) is 12.1 Å². The summed E-state index contributed by atoms with van der Waals surface area (Å²) >= 11 is 0. The quantitative estimate of drug-likeness (QED) is 0.715. The zero-order chi connectivity index (χ0) is 19.2. The largest absolute Gasteiger partial charge is 0.389 e. The van der Waals surface area contributed by atoms with Gasteiger partial charge in [-0.15, -0.1) is 0 Å². The molecule has 1 heterocycles. The second-order valence-corrected chi connectivity index (χ2v) is 6.38. The van der Waals surface area contributed by atoms with E-state index in [0.717, 1.165) is 5.56 Å². The average Bonchev–Trinajstić information content (AvgIpc) is 3.05. The van der Waals surface area contributed by atoms with Crippen LogP contribution in [0.4, 0.5) is 4.39 Å². The van der Waals surface area contributed by atoms with E-state index in [4.69, 9.17) is 10.00 Å². The average molecular weight is 369 g/mol. The van der Waals surface area contributed by atoms with Gasteiger partial charge in [0.05, 0.1) is 30.4 Å². The number of benzene rings is 2. The second kappa shape index (κ2) is 8.73. The minimum absolute atomic E-state index is 0.152. The molecule has 0 saturated carbocycles. The number of carbonyl (C=O) groups excluding carboxylic acids is 1. The Morgan fingerprint density at radius 3 is 2.81 bits per heavy atom. The molecule has 0 unspecified atom stereocenters. The summed E-state index contributed by atoms with van der Waals surface area (Å²) < 4.78 is 18.5. The Labute approximate surface area is 156 Å². The van der Waals surface area contributed by atoms with Crippen LogP contribution in [0.2, 0.25) is 0 Å². The molecule has 1 saturated heterocycles. The van der Waals surface area contributed by atoms with E-state index < -0.39 is 18.0 Å². The summed E-state index contributed by atoms with van der Waals surface area (Å²) in [6.45, 7) is 0.963. The van der Waals surface area contributed by atoms with Gasteiger partial charge in [0.15, 0.2) is 0 Å². The van der Waals surface area contributed by atoms with Crippen LogP contribution >= 0.6 is 0 Å². The standard InChI is InChI=1S/C20H20FN3O3/c21-16-6-4-15(5-7-16)20(26)24-11-18-19(25)17(12-27-18)23-10-14-3-1-2-13(8-14)9-22/h1-8,17-19,23,25H,10-12H2,(H,24,26)/t17-,18-,19+/m1/s1. The molecule has 3 N–H and O–H groups in total. The lowest BCUT2D eigenvalue weighted by Gasteiger charge is -2.19. The number of aliphatic hydroxyl groups is 1. The second-order valence-electron chi connectivity index (χ2n) is 6.38. The predicted molar refractivity (Wildman–Crippen MR) is 96.3 cm³/mol. The van der Waals surface area contributed by atoms with Crippen molar-refractivity contribution in [3.05, 3.63) is 71.0 Å². The summed E-state index contributed by atoms with van der Waals surface area (Å²) in [6.07, 6.45) is -1.31. The molecule has 2 aromatic rings. The van der Waals surface area contributed by atoms with Gasteiger partial charge in [0.2, 0.25) is 0 Å². The molecule has 0 aromatic heterocycles. The van der Waals surface area contributed by atoms with Crippen molar-refractivity contribution in [2.75, 3.05) is 13.2 Å². The maximum atomic E-state index is 12.9. The van der Waals surface area contributed by atoms with Gasteiger partial charge in [0, 0.05) is 18.7 Å². The summed E-state index contributed by atoms with van der Waals surface area (Å²) in [5, 5.41) is 25.2. The highest BCUT2D eigenvalue weighted by Crippen LogP contribution is 2.15. The van der Waals surface area contributed by atoms with Crippen LogP contribution in [0.1, 0.15) is 21.5 Å². The predicted octanol–water partition coefficient (Wildman–Crippen LogP) is 1.35. The number of nitriles is 1. The van der Waals surface area contributed by atoms with Gasteiger partial charge in [-0.3, -0.25) is 4.79 Å². The first-order valence-corrected chi connectivity index (χ1v) is 8.62. The molecule has 2 aromatic carbocycles. The molecule has 1 aliphatic heterocycles. The molecule has 6 nitrogen and oxygen atoms in total. The number of hydrogen-bond donors (Lipinski definition) is 3. The Balaban J connectivity index is 1.48. The van der Waals surface area contributed by atoms with Crippen LogP contribution in [-0.4, -0.2) is 42.4 Å².